The molecule has 2 atom stereocenters. The Labute approximate surface area is 166 Å². The van der Waals surface area contributed by atoms with Crippen LogP contribution in [0.1, 0.15) is 50.5 Å². The normalized spacial score (nSPS) is 28.8. The number of likely N-dealkylation sites (tertiary alicyclic amines) is 1. The van der Waals surface area contributed by atoms with Gasteiger partial charge in [-0.2, -0.15) is 0 Å². The van der Waals surface area contributed by atoms with E-state index in [0.717, 1.165) is 25.1 Å². The van der Waals surface area contributed by atoms with E-state index < -0.39 is 11.9 Å². The van der Waals surface area contributed by atoms with Gasteiger partial charge in [-0.25, -0.2) is 4.79 Å². The predicted molar refractivity (Wildman–Crippen MR) is 108 cm³/mol. The number of carbonyl (C=O) groups excluding carboxylic acids is 2. The predicted octanol–water partition coefficient (Wildman–Crippen LogP) is 2.46. The van der Waals surface area contributed by atoms with Crippen molar-refractivity contribution in [3.8, 4) is 0 Å². The molecule has 1 unspecified atom stereocenters. The maximum absolute atomic E-state index is 12.9. The maximum Gasteiger partial charge on any atom is 0.325 e. The van der Waals surface area contributed by atoms with Crippen molar-refractivity contribution in [2.24, 2.45) is 5.73 Å². The van der Waals surface area contributed by atoms with Crippen molar-refractivity contribution in [1.82, 2.24) is 9.80 Å². The molecule has 1 aromatic carbocycles. The van der Waals surface area contributed by atoms with Gasteiger partial charge in [-0.1, -0.05) is 12.1 Å². The van der Waals surface area contributed by atoms with Gasteiger partial charge < -0.3 is 15.5 Å². The lowest BCUT2D eigenvalue weighted by Gasteiger charge is -2.25. The summed E-state index contributed by atoms with van der Waals surface area (Å²) in [5.41, 5.74) is 8.17. The number of primary amides is 1. The van der Waals surface area contributed by atoms with E-state index in [9.17, 15) is 9.59 Å². The lowest BCUT2D eigenvalue weighted by Crippen LogP contribution is -2.46. The highest BCUT2D eigenvalue weighted by Crippen LogP contribution is 2.51. The zero-order valence-electron chi connectivity index (χ0n) is 16.5. The highest BCUT2D eigenvalue weighted by atomic mass is 16.2. The summed E-state index contributed by atoms with van der Waals surface area (Å²) in [5, 5.41) is 0. The number of anilines is 1. The van der Waals surface area contributed by atoms with Crippen LogP contribution < -0.4 is 10.6 Å². The number of rotatable bonds is 6. The lowest BCUT2D eigenvalue weighted by molar-refractivity contribution is -0.119. The minimum absolute atomic E-state index is 0.0695. The van der Waals surface area contributed by atoms with Crippen LogP contribution in [0.15, 0.2) is 24.3 Å². The average Bonchev–Trinajstić information content (AvgIpc) is 3.04. The van der Waals surface area contributed by atoms with Crippen molar-refractivity contribution in [3.05, 3.63) is 29.8 Å². The minimum atomic E-state index is -0.550. The van der Waals surface area contributed by atoms with Crippen molar-refractivity contribution in [2.75, 3.05) is 31.1 Å². The van der Waals surface area contributed by atoms with Gasteiger partial charge >= 0.3 is 6.03 Å². The van der Waals surface area contributed by atoms with Crippen LogP contribution >= 0.6 is 0 Å². The molecule has 2 N–H and O–H groups in total. The average molecular weight is 383 g/mol. The Hall–Kier alpha value is -2.08. The quantitative estimate of drug-likeness (QED) is 0.822. The van der Waals surface area contributed by atoms with Crippen LogP contribution in [-0.2, 0) is 10.2 Å². The van der Waals surface area contributed by atoms with E-state index >= 15 is 0 Å². The molecule has 150 valence electrons. The van der Waals surface area contributed by atoms with Crippen molar-refractivity contribution in [3.63, 3.8) is 0 Å². The zero-order chi connectivity index (χ0) is 19.3. The Balaban J connectivity index is 1.33. The summed E-state index contributed by atoms with van der Waals surface area (Å²) < 4.78 is 0. The van der Waals surface area contributed by atoms with E-state index in [1.165, 1.54) is 57.3 Å². The molecule has 3 amide bonds. The van der Waals surface area contributed by atoms with Gasteiger partial charge in [0.05, 0.1) is 6.04 Å². The first kappa shape index (κ1) is 18.0. The zero-order valence-corrected chi connectivity index (χ0v) is 16.5. The molecule has 6 heteroatoms. The van der Waals surface area contributed by atoms with E-state index in [1.807, 2.05) is 17.0 Å². The Morgan fingerprint density at radius 2 is 1.79 bits per heavy atom. The van der Waals surface area contributed by atoms with E-state index in [0.29, 0.717) is 5.41 Å². The molecular formula is C22H30N4O2. The largest absolute Gasteiger partial charge is 0.368 e. The highest BCUT2D eigenvalue weighted by Gasteiger charge is 2.51. The number of hydrogen-bond donors (Lipinski definition) is 1. The molecule has 3 aliphatic heterocycles. The van der Waals surface area contributed by atoms with Crippen molar-refractivity contribution >= 4 is 17.6 Å². The molecule has 3 saturated heterocycles. The number of nitrogens with zero attached hydrogens (tertiary/aromatic N) is 3. The van der Waals surface area contributed by atoms with Gasteiger partial charge in [-0.05, 0) is 87.7 Å². The number of benzene rings is 1. The van der Waals surface area contributed by atoms with Crippen LogP contribution in [0.25, 0.3) is 0 Å². The first-order chi connectivity index (χ1) is 13.6. The van der Waals surface area contributed by atoms with Crippen LogP contribution in [0.5, 0.6) is 0 Å². The molecule has 4 aliphatic rings. The van der Waals surface area contributed by atoms with Crippen LogP contribution in [0, 0.1) is 0 Å². The highest BCUT2D eigenvalue weighted by molar-refractivity contribution is 6.03. The standard InChI is InChI=1S/C22H30N4O2/c23-20(27)19-18-4-3-14-25(18)21(28)26(19)17-7-5-16(6-8-17)22(9-10-22)11-15-24-12-1-2-13-24/h5-8,18-19H,1-4,9-15H2,(H2,23,27)/t18-,19?/m1/s1. The van der Waals surface area contributed by atoms with Crippen LogP contribution in [0.2, 0.25) is 0 Å². The molecule has 0 radical (unpaired) electrons. The van der Waals surface area contributed by atoms with Crippen LogP contribution in [-0.4, -0.2) is 60.0 Å². The fourth-order valence-electron chi connectivity index (χ4n) is 5.56. The van der Waals surface area contributed by atoms with Gasteiger partial charge in [-0.15, -0.1) is 0 Å². The second-order valence-corrected chi connectivity index (χ2v) is 9.03. The number of fused-ring (bicyclic) bond motifs is 1. The topological polar surface area (TPSA) is 69.9 Å². The van der Waals surface area contributed by atoms with Crippen molar-refractivity contribution < 1.29 is 9.59 Å². The first-order valence-electron chi connectivity index (χ1n) is 10.8. The van der Waals surface area contributed by atoms with Crippen LogP contribution in [0.3, 0.4) is 0 Å². The van der Waals surface area contributed by atoms with E-state index in [4.69, 9.17) is 5.73 Å². The van der Waals surface area contributed by atoms with Crippen molar-refractivity contribution in [1.29, 1.82) is 0 Å². The summed E-state index contributed by atoms with van der Waals surface area (Å²) in [6.07, 6.45) is 8.20. The Morgan fingerprint density at radius 1 is 1.07 bits per heavy atom. The third kappa shape index (κ3) is 2.89. The summed E-state index contributed by atoms with van der Waals surface area (Å²) in [5.74, 6) is -0.406. The molecular weight excluding hydrogens is 352 g/mol. The number of carbonyl (C=O) groups is 2. The fourth-order valence-corrected chi connectivity index (χ4v) is 5.56. The lowest BCUT2D eigenvalue weighted by atomic mass is 9.92. The molecule has 0 bridgehead atoms. The summed E-state index contributed by atoms with van der Waals surface area (Å²) in [6, 6.07) is 7.67. The molecule has 28 heavy (non-hydrogen) atoms. The monoisotopic (exact) mass is 382 g/mol. The first-order valence-corrected chi connectivity index (χ1v) is 10.8. The second-order valence-electron chi connectivity index (χ2n) is 9.03. The van der Waals surface area contributed by atoms with Gasteiger partial charge in [0.1, 0.15) is 6.04 Å². The van der Waals surface area contributed by atoms with Crippen LogP contribution in [0.4, 0.5) is 10.5 Å². The number of amides is 3. The molecule has 5 rings (SSSR count). The Kier molecular flexibility index (Phi) is 4.34. The minimum Gasteiger partial charge on any atom is -0.368 e. The smallest absolute Gasteiger partial charge is 0.325 e. The van der Waals surface area contributed by atoms with Gasteiger partial charge in [-0.3, -0.25) is 9.69 Å². The second kappa shape index (κ2) is 6.76. The SMILES string of the molecule is NC(=O)C1[C@H]2CCCN2C(=O)N1c1ccc(C2(CCN3CCCC3)CC2)cc1. The third-order valence-corrected chi connectivity index (χ3v) is 7.40. The Morgan fingerprint density at radius 3 is 2.43 bits per heavy atom. The van der Waals surface area contributed by atoms with Gasteiger partial charge in [0, 0.05) is 12.2 Å². The third-order valence-electron chi connectivity index (χ3n) is 7.40. The maximum atomic E-state index is 12.9. The molecule has 6 nitrogen and oxygen atoms in total. The molecule has 3 heterocycles. The summed E-state index contributed by atoms with van der Waals surface area (Å²) in [6.45, 7) is 4.41. The number of hydrogen-bond acceptors (Lipinski definition) is 3. The fraction of sp³-hybridized carbons (Fsp3) is 0.636. The summed E-state index contributed by atoms with van der Waals surface area (Å²) in [4.78, 5) is 31.0. The molecule has 1 aliphatic carbocycles. The molecule has 4 fully saturated rings. The van der Waals surface area contributed by atoms with Crippen molar-refractivity contribution in [2.45, 2.75) is 62.4 Å². The molecule has 0 spiro atoms. The van der Waals surface area contributed by atoms with Gasteiger partial charge in [0.25, 0.3) is 0 Å². The Bertz CT molecular complexity index is 767. The summed E-state index contributed by atoms with van der Waals surface area (Å²) >= 11 is 0. The molecule has 0 aromatic heterocycles. The van der Waals surface area contributed by atoms with E-state index in [-0.39, 0.29) is 12.1 Å². The molecule has 1 aromatic rings. The number of urea groups is 1. The number of nitrogens with two attached hydrogens (primary N) is 1. The summed E-state index contributed by atoms with van der Waals surface area (Å²) in [7, 11) is 0. The van der Waals surface area contributed by atoms with Gasteiger partial charge in [0.15, 0.2) is 0 Å². The molecule has 1 saturated carbocycles. The van der Waals surface area contributed by atoms with Gasteiger partial charge in [0.2, 0.25) is 5.91 Å². The van der Waals surface area contributed by atoms with E-state index in [1.54, 1.807) is 4.90 Å². The van der Waals surface area contributed by atoms with E-state index in [2.05, 4.69) is 17.0 Å².